The van der Waals surface area contributed by atoms with Crippen molar-refractivity contribution in [2.24, 2.45) is 5.92 Å². The third-order valence-electron chi connectivity index (χ3n) is 3.96. The number of hydrogen-bond acceptors (Lipinski definition) is 5. The minimum Gasteiger partial charge on any atom is -0.369 e. The molecule has 0 atom stereocenters. The maximum atomic E-state index is 4.53. The van der Waals surface area contributed by atoms with Gasteiger partial charge in [-0.3, -0.25) is 5.10 Å². The molecule has 6 nitrogen and oxygen atoms in total. The summed E-state index contributed by atoms with van der Waals surface area (Å²) >= 11 is 0. The van der Waals surface area contributed by atoms with Crippen molar-refractivity contribution in [2.75, 3.05) is 23.7 Å². The van der Waals surface area contributed by atoms with Gasteiger partial charge in [0.05, 0.1) is 11.6 Å². The second kappa shape index (κ2) is 6.07. The molecule has 0 spiro atoms. The lowest BCUT2D eigenvalue weighted by Gasteiger charge is -2.11. The van der Waals surface area contributed by atoms with Gasteiger partial charge in [-0.2, -0.15) is 15.1 Å². The van der Waals surface area contributed by atoms with E-state index in [4.69, 9.17) is 0 Å². The van der Waals surface area contributed by atoms with Crippen LogP contribution in [0.25, 0.3) is 11.0 Å². The Morgan fingerprint density at radius 2 is 2.10 bits per heavy atom. The van der Waals surface area contributed by atoms with Crippen LogP contribution in [0.5, 0.6) is 0 Å². The highest BCUT2D eigenvalue weighted by Gasteiger charge is 2.15. The molecular formula is C14H22N6. The average Bonchev–Trinajstić information content (AvgIpc) is 3.09. The van der Waals surface area contributed by atoms with Crippen LogP contribution in [-0.4, -0.2) is 33.3 Å². The molecule has 0 unspecified atom stereocenters. The van der Waals surface area contributed by atoms with E-state index in [1.165, 1.54) is 32.1 Å². The number of nitrogens with one attached hydrogen (secondary N) is 3. The van der Waals surface area contributed by atoms with Gasteiger partial charge in [0.25, 0.3) is 0 Å². The van der Waals surface area contributed by atoms with E-state index in [0.29, 0.717) is 5.95 Å². The zero-order valence-electron chi connectivity index (χ0n) is 11.9. The molecule has 1 fully saturated rings. The zero-order valence-corrected chi connectivity index (χ0v) is 11.9. The number of anilines is 2. The summed E-state index contributed by atoms with van der Waals surface area (Å²) in [4.78, 5) is 8.92. The second-order valence-corrected chi connectivity index (χ2v) is 5.42. The summed E-state index contributed by atoms with van der Waals surface area (Å²) in [5.41, 5.74) is 0.777. The summed E-state index contributed by atoms with van der Waals surface area (Å²) < 4.78 is 0. The monoisotopic (exact) mass is 274 g/mol. The molecular weight excluding hydrogens is 252 g/mol. The molecule has 3 rings (SSSR count). The molecule has 0 radical (unpaired) electrons. The van der Waals surface area contributed by atoms with Crippen LogP contribution in [0.15, 0.2) is 6.20 Å². The topological polar surface area (TPSA) is 78.5 Å². The first kappa shape index (κ1) is 13.1. The van der Waals surface area contributed by atoms with Crippen LogP contribution in [0.3, 0.4) is 0 Å². The van der Waals surface area contributed by atoms with Gasteiger partial charge in [-0.25, -0.2) is 0 Å². The lowest BCUT2D eigenvalue weighted by molar-refractivity contribution is 0.518. The average molecular weight is 274 g/mol. The van der Waals surface area contributed by atoms with E-state index in [0.717, 1.165) is 35.9 Å². The molecule has 1 saturated carbocycles. The van der Waals surface area contributed by atoms with Crippen molar-refractivity contribution in [1.29, 1.82) is 0 Å². The summed E-state index contributed by atoms with van der Waals surface area (Å²) in [7, 11) is 0. The predicted molar refractivity (Wildman–Crippen MR) is 80.9 cm³/mol. The number of hydrogen-bond donors (Lipinski definition) is 3. The van der Waals surface area contributed by atoms with E-state index in [9.17, 15) is 0 Å². The number of H-pyrrole nitrogens is 1. The number of aromatic amines is 1. The van der Waals surface area contributed by atoms with Crippen molar-refractivity contribution in [1.82, 2.24) is 20.2 Å². The van der Waals surface area contributed by atoms with E-state index < -0.39 is 0 Å². The largest absolute Gasteiger partial charge is 0.369 e. The smallest absolute Gasteiger partial charge is 0.226 e. The molecule has 0 bridgehead atoms. The van der Waals surface area contributed by atoms with Gasteiger partial charge in [0.2, 0.25) is 5.95 Å². The Balaban J connectivity index is 1.69. The van der Waals surface area contributed by atoms with Gasteiger partial charge < -0.3 is 10.6 Å². The first-order chi connectivity index (χ1) is 9.86. The van der Waals surface area contributed by atoms with Gasteiger partial charge in [-0.15, -0.1) is 0 Å². The van der Waals surface area contributed by atoms with Crippen molar-refractivity contribution in [3.8, 4) is 0 Å². The highest BCUT2D eigenvalue weighted by molar-refractivity contribution is 5.86. The van der Waals surface area contributed by atoms with Crippen LogP contribution in [0.2, 0.25) is 0 Å². The van der Waals surface area contributed by atoms with E-state index in [1.54, 1.807) is 6.20 Å². The first-order valence-electron chi connectivity index (χ1n) is 7.55. The minimum atomic E-state index is 0.646. The third kappa shape index (κ3) is 2.84. The van der Waals surface area contributed by atoms with E-state index in [-0.39, 0.29) is 0 Å². The number of aromatic nitrogens is 4. The van der Waals surface area contributed by atoms with Crippen molar-refractivity contribution in [3.63, 3.8) is 0 Å². The molecule has 2 heterocycles. The lowest BCUT2D eigenvalue weighted by atomic mass is 10.0. The maximum Gasteiger partial charge on any atom is 0.226 e. The number of rotatable bonds is 6. The fourth-order valence-electron chi connectivity index (χ4n) is 2.90. The zero-order chi connectivity index (χ0) is 13.8. The van der Waals surface area contributed by atoms with Crippen LogP contribution in [0.1, 0.15) is 39.0 Å². The minimum absolute atomic E-state index is 0.646. The Kier molecular flexibility index (Phi) is 3.99. The Bertz CT molecular complexity index is 558. The predicted octanol–water partition coefficient (Wildman–Crippen LogP) is 2.78. The fraction of sp³-hybridized carbons (Fsp3) is 0.643. The highest BCUT2D eigenvalue weighted by atomic mass is 15.2. The SMILES string of the molecule is CCNc1nc(NCCC2CCCC2)c2cn[nH]c2n1. The van der Waals surface area contributed by atoms with E-state index >= 15 is 0 Å². The molecule has 0 aliphatic heterocycles. The fourth-order valence-corrected chi connectivity index (χ4v) is 2.90. The quantitative estimate of drug-likeness (QED) is 0.755. The number of nitrogens with zero attached hydrogens (tertiary/aromatic N) is 3. The van der Waals surface area contributed by atoms with Gasteiger partial charge in [-0.1, -0.05) is 25.7 Å². The van der Waals surface area contributed by atoms with Crippen LogP contribution in [0.4, 0.5) is 11.8 Å². The van der Waals surface area contributed by atoms with Gasteiger partial charge in [0.15, 0.2) is 5.65 Å². The van der Waals surface area contributed by atoms with Crippen LogP contribution >= 0.6 is 0 Å². The lowest BCUT2D eigenvalue weighted by Crippen LogP contribution is -2.10. The molecule has 0 aromatic carbocycles. The summed E-state index contributed by atoms with van der Waals surface area (Å²) in [5.74, 6) is 2.41. The van der Waals surface area contributed by atoms with Crippen LogP contribution in [-0.2, 0) is 0 Å². The van der Waals surface area contributed by atoms with Crippen molar-refractivity contribution in [3.05, 3.63) is 6.20 Å². The molecule has 1 aliphatic carbocycles. The van der Waals surface area contributed by atoms with Crippen molar-refractivity contribution in [2.45, 2.75) is 39.0 Å². The molecule has 6 heteroatoms. The number of fused-ring (bicyclic) bond motifs is 1. The molecule has 2 aromatic heterocycles. The maximum absolute atomic E-state index is 4.53. The standard InChI is InChI=1S/C14H22N6/c1-2-15-14-18-12(11-9-17-20-13(11)19-14)16-8-7-10-5-3-4-6-10/h9-10H,2-8H2,1H3,(H3,15,16,17,18,19,20). The summed E-state index contributed by atoms with van der Waals surface area (Å²) in [5, 5.41) is 14.5. The summed E-state index contributed by atoms with van der Waals surface area (Å²) in [6.07, 6.45) is 8.57. The second-order valence-electron chi connectivity index (χ2n) is 5.42. The highest BCUT2D eigenvalue weighted by Crippen LogP contribution is 2.27. The Morgan fingerprint density at radius 1 is 1.25 bits per heavy atom. The normalized spacial score (nSPS) is 15.8. The molecule has 3 N–H and O–H groups in total. The van der Waals surface area contributed by atoms with Gasteiger partial charge in [-0.05, 0) is 19.3 Å². The molecule has 0 saturated heterocycles. The third-order valence-corrected chi connectivity index (χ3v) is 3.96. The Morgan fingerprint density at radius 3 is 2.90 bits per heavy atom. The summed E-state index contributed by atoms with van der Waals surface area (Å²) in [6.45, 7) is 3.81. The summed E-state index contributed by atoms with van der Waals surface area (Å²) in [6, 6.07) is 0. The molecule has 2 aromatic rings. The molecule has 20 heavy (non-hydrogen) atoms. The Labute approximate surface area is 118 Å². The van der Waals surface area contributed by atoms with Crippen LogP contribution in [0, 0.1) is 5.92 Å². The van der Waals surface area contributed by atoms with Crippen molar-refractivity contribution < 1.29 is 0 Å². The Hall–Kier alpha value is -1.85. The van der Waals surface area contributed by atoms with Gasteiger partial charge in [0, 0.05) is 13.1 Å². The molecule has 0 amide bonds. The van der Waals surface area contributed by atoms with E-state index in [2.05, 4.69) is 30.8 Å². The molecule has 1 aliphatic rings. The van der Waals surface area contributed by atoms with E-state index in [1.807, 2.05) is 6.92 Å². The molecule has 108 valence electrons. The first-order valence-corrected chi connectivity index (χ1v) is 7.55. The van der Waals surface area contributed by atoms with Crippen molar-refractivity contribution >= 4 is 22.8 Å². The van der Waals surface area contributed by atoms with Gasteiger partial charge >= 0.3 is 0 Å². The van der Waals surface area contributed by atoms with Gasteiger partial charge in [0.1, 0.15) is 5.82 Å². The van der Waals surface area contributed by atoms with Crippen LogP contribution < -0.4 is 10.6 Å².